The van der Waals surface area contributed by atoms with Crippen molar-refractivity contribution < 1.29 is 9.18 Å². The SMILES string of the molecule is Cn1ccnc1[C@@H](NC(=O)c1cnc2sccn2c1=O)c1ccccc1F. The highest BCUT2D eigenvalue weighted by Gasteiger charge is 2.25. The van der Waals surface area contributed by atoms with Gasteiger partial charge in [-0.2, -0.15) is 0 Å². The molecule has 27 heavy (non-hydrogen) atoms. The van der Waals surface area contributed by atoms with Crippen molar-refractivity contribution in [3.8, 4) is 0 Å². The Balaban J connectivity index is 1.76. The molecule has 3 aromatic heterocycles. The van der Waals surface area contributed by atoms with Crippen LogP contribution < -0.4 is 10.9 Å². The third kappa shape index (κ3) is 3.02. The van der Waals surface area contributed by atoms with Crippen LogP contribution in [0.2, 0.25) is 0 Å². The van der Waals surface area contributed by atoms with Crippen LogP contribution in [0.15, 0.2) is 59.2 Å². The van der Waals surface area contributed by atoms with Crippen molar-refractivity contribution in [2.75, 3.05) is 0 Å². The van der Waals surface area contributed by atoms with E-state index in [9.17, 15) is 14.0 Å². The Morgan fingerprint density at radius 1 is 1.26 bits per heavy atom. The van der Waals surface area contributed by atoms with E-state index < -0.39 is 23.3 Å². The number of carbonyl (C=O) groups is 1. The van der Waals surface area contributed by atoms with Gasteiger partial charge >= 0.3 is 0 Å². The van der Waals surface area contributed by atoms with E-state index in [2.05, 4.69) is 15.3 Å². The minimum Gasteiger partial charge on any atom is -0.338 e. The van der Waals surface area contributed by atoms with Gasteiger partial charge in [0.05, 0.1) is 0 Å². The van der Waals surface area contributed by atoms with Gasteiger partial charge in [-0.25, -0.2) is 14.4 Å². The number of hydrogen-bond donors (Lipinski definition) is 1. The second-order valence-corrected chi connectivity index (χ2v) is 6.73. The van der Waals surface area contributed by atoms with Crippen molar-refractivity contribution in [2.45, 2.75) is 6.04 Å². The van der Waals surface area contributed by atoms with E-state index in [4.69, 9.17) is 0 Å². The molecule has 1 amide bonds. The molecule has 1 atom stereocenters. The Morgan fingerprint density at radius 2 is 2.07 bits per heavy atom. The zero-order valence-electron chi connectivity index (χ0n) is 14.2. The molecule has 4 aromatic rings. The summed E-state index contributed by atoms with van der Waals surface area (Å²) in [6.45, 7) is 0. The lowest BCUT2D eigenvalue weighted by Crippen LogP contribution is -2.35. The van der Waals surface area contributed by atoms with E-state index in [1.165, 1.54) is 28.0 Å². The molecule has 4 rings (SSSR count). The van der Waals surface area contributed by atoms with Gasteiger partial charge < -0.3 is 9.88 Å². The minimum atomic E-state index is -0.860. The summed E-state index contributed by atoms with van der Waals surface area (Å²) in [5.41, 5.74) is -0.350. The number of aryl methyl sites for hydroxylation is 1. The summed E-state index contributed by atoms with van der Waals surface area (Å²) < 4.78 is 17.4. The molecule has 0 fully saturated rings. The number of carbonyl (C=O) groups excluding carboxylic acids is 1. The molecule has 0 saturated carbocycles. The van der Waals surface area contributed by atoms with E-state index in [1.807, 2.05) is 0 Å². The van der Waals surface area contributed by atoms with Gasteiger partial charge in [0.15, 0.2) is 4.96 Å². The molecule has 9 heteroatoms. The number of aromatic nitrogens is 4. The zero-order chi connectivity index (χ0) is 19.0. The molecule has 0 spiro atoms. The van der Waals surface area contributed by atoms with Gasteiger partial charge in [-0.1, -0.05) is 18.2 Å². The van der Waals surface area contributed by atoms with Crippen LogP contribution in [0.1, 0.15) is 27.8 Å². The molecular weight excluding hydrogens is 369 g/mol. The lowest BCUT2D eigenvalue weighted by atomic mass is 10.0. The number of rotatable bonds is 4. The summed E-state index contributed by atoms with van der Waals surface area (Å²) >= 11 is 1.29. The van der Waals surface area contributed by atoms with Crippen LogP contribution in [0.5, 0.6) is 0 Å². The lowest BCUT2D eigenvalue weighted by Gasteiger charge is -2.19. The molecule has 7 nitrogen and oxygen atoms in total. The van der Waals surface area contributed by atoms with E-state index in [0.717, 1.165) is 0 Å². The minimum absolute atomic E-state index is 0.124. The van der Waals surface area contributed by atoms with Crippen molar-refractivity contribution >= 4 is 22.2 Å². The molecule has 1 aromatic carbocycles. The van der Waals surface area contributed by atoms with Gasteiger partial charge in [0.2, 0.25) is 0 Å². The lowest BCUT2D eigenvalue weighted by molar-refractivity contribution is 0.0938. The van der Waals surface area contributed by atoms with Crippen molar-refractivity contribution in [1.82, 2.24) is 24.3 Å². The summed E-state index contributed by atoms with van der Waals surface area (Å²) in [5, 5.41) is 4.43. The number of imidazole rings is 1. The summed E-state index contributed by atoms with van der Waals surface area (Å²) in [4.78, 5) is 34.2. The second kappa shape index (κ2) is 6.76. The molecule has 0 radical (unpaired) electrons. The maximum atomic E-state index is 14.4. The van der Waals surface area contributed by atoms with Crippen molar-refractivity contribution in [3.63, 3.8) is 0 Å². The number of thiazole rings is 1. The number of fused-ring (bicyclic) bond motifs is 1. The molecule has 0 unspecified atom stereocenters. The van der Waals surface area contributed by atoms with E-state index in [0.29, 0.717) is 10.8 Å². The molecule has 136 valence electrons. The fraction of sp³-hybridized carbons (Fsp3) is 0.111. The average Bonchev–Trinajstić information content (AvgIpc) is 3.30. The largest absolute Gasteiger partial charge is 0.338 e. The zero-order valence-corrected chi connectivity index (χ0v) is 15.0. The molecular formula is C18H14FN5O2S. The first-order valence-electron chi connectivity index (χ1n) is 8.03. The molecule has 3 heterocycles. The quantitative estimate of drug-likeness (QED) is 0.586. The Bertz CT molecular complexity index is 1200. The van der Waals surface area contributed by atoms with Gasteiger partial charge in [-0.05, 0) is 6.07 Å². The number of halogens is 1. The van der Waals surface area contributed by atoms with E-state index in [1.54, 1.807) is 53.8 Å². The number of benzene rings is 1. The topological polar surface area (TPSA) is 81.3 Å². The highest BCUT2D eigenvalue weighted by Crippen LogP contribution is 2.23. The highest BCUT2D eigenvalue weighted by molar-refractivity contribution is 7.15. The van der Waals surface area contributed by atoms with Crippen LogP contribution in [0.25, 0.3) is 4.96 Å². The van der Waals surface area contributed by atoms with Crippen molar-refractivity contribution in [3.05, 3.63) is 87.6 Å². The van der Waals surface area contributed by atoms with Crippen LogP contribution in [0.4, 0.5) is 4.39 Å². The fourth-order valence-electron chi connectivity index (χ4n) is 2.84. The Hall–Kier alpha value is -3.33. The van der Waals surface area contributed by atoms with Crippen LogP contribution in [0.3, 0.4) is 0 Å². The smallest absolute Gasteiger partial charge is 0.271 e. The van der Waals surface area contributed by atoms with Gasteiger partial charge in [-0.15, -0.1) is 11.3 Å². The Morgan fingerprint density at radius 3 is 2.81 bits per heavy atom. The third-order valence-electron chi connectivity index (χ3n) is 4.20. The maximum absolute atomic E-state index is 14.4. The number of nitrogens with zero attached hydrogens (tertiary/aromatic N) is 4. The molecule has 0 aliphatic heterocycles. The van der Waals surface area contributed by atoms with Gasteiger partial charge in [-0.3, -0.25) is 14.0 Å². The Labute approximate surface area is 156 Å². The summed E-state index contributed by atoms with van der Waals surface area (Å²) in [6.07, 6.45) is 6.05. The predicted octanol–water partition coefficient (Wildman–Crippen LogP) is 2.15. The highest BCUT2D eigenvalue weighted by atomic mass is 32.1. The second-order valence-electron chi connectivity index (χ2n) is 5.86. The fourth-order valence-corrected chi connectivity index (χ4v) is 3.51. The van der Waals surface area contributed by atoms with Crippen LogP contribution in [-0.4, -0.2) is 24.8 Å². The first-order valence-corrected chi connectivity index (χ1v) is 8.91. The molecule has 0 bridgehead atoms. The summed E-state index contributed by atoms with van der Waals surface area (Å²) in [7, 11) is 1.75. The van der Waals surface area contributed by atoms with Gasteiger partial charge in [0.25, 0.3) is 11.5 Å². The first kappa shape index (κ1) is 17.1. The van der Waals surface area contributed by atoms with E-state index >= 15 is 0 Å². The normalized spacial score (nSPS) is 12.2. The van der Waals surface area contributed by atoms with Crippen molar-refractivity contribution in [2.24, 2.45) is 7.05 Å². The van der Waals surface area contributed by atoms with Crippen molar-refractivity contribution in [1.29, 1.82) is 0 Å². The average molecular weight is 383 g/mol. The number of nitrogens with one attached hydrogen (secondary N) is 1. The van der Waals surface area contributed by atoms with Gasteiger partial charge in [0.1, 0.15) is 23.2 Å². The molecule has 0 aliphatic rings. The molecule has 0 saturated heterocycles. The predicted molar refractivity (Wildman–Crippen MR) is 98.3 cm³/mol. The third-order valence-corrected chi connectivity index (χ3v) is 4.97. The standard InChI is InChI=1S/C18H14FN5O2S/c1-23-7-6-20-15(23)14(11-4-2-3-5-13(11)19)22-16(25)12-10-21-18-24(17(12)26)8-9-27-18/h2-10,14H,1H3,(H,22,25)/t14-/m0/s1. The first-order chi connectivity index (χ1) is 13.1. The van der Waals surface area contributed by atoms with Crippen LogP contribution in [-0.2, 0) is 7.05 Å². The summed E-state index contributed by atoms with van der Waals surface area (Å²) in [5.74, 6) is -0.684. The van der Waals surface area contributed by atoms with Gasteiger partial charge in [0, 0.05) is 42.8 Å². The monoisotopic (exact) mass is 383 g/mol. The van der Waals surface area contributed by atoms with Crippen LogP contribution >= 0.6 is 11.3 Å². The number of amides is 1. The number of hydrogen-bond acceptors (Lipinski definition) is 5. The van der Waals surface area contributed by atoms with E-state index in [-0.39, 0.29) is 11.1 Å². The Kier molecular flexibility index (Phi) is 4.28. The molecule has 1 N–H and O–H groups in total. The maximum Gasteiger partial charge on any atom is 0.271 e. The molecule has 0 aliphatic carbocycles. The summed E-state index contributed by atoms with van der Waals surface area (Å²) in [6, 6.07) is 5.26. The van der Waals surface area contributed by atoms with Crippen LogP contribution in [0, 0.1) is 5.82 Å².